The number of hydrogen-bond acceptors (Lipinski definition) is 2. The first-order valence-electron chi connectivity index (χ1n) is 4.80. The smallest absolute Gasteiger partial charge is 0.307 e. The van der Waals surface area contributed by atoms with E-state index in [2.05, 4.69) is 15.9 Å². The molecule has 0 spiro atoms. The Balaban J connectivity index is 2.37. The quantitative estimate of drug-likeness (QED) is 0.930. The molecule has 1 saturated carbocycles. The molecule has 2 atom stereocenters. The summed E-state index contributed by atoms with van der Waals surface area (Å²) in [4.78, 5) is 10.8. The van der Waals surface area contributed by atoms with Crippen LogP contribution in [-0.2, 0) is 4.79 Å². The van der Waals surface area contributed by atoms with Crippen molar-refractivity contribution in [3.8, 4) is 5.75 Å². The molecule has 1 fully saturated rings. The second kappa shape index (κ2) is 4.05. The molecular formula is C11H10BrFO3. The maximum absolute atomic E-state index is 13.5. The first-order valence-corrected chi connectivity index (χ1v) is 5.59. The van der Waals surface area contributed by atoms with Gasteiger partial charge in [-0.3, -0.25) is 4.79 Å². The van der Waals surface area contributed by atoms with Crippen LogP contribution in [-0.4, -0.2) is 18.2 Å². The van der Waals surface area contributed by atoms with Crippen molar-refractivity contribution in [2.75, 3.05) is 7.11 Å². The van der Waals surface area contributed by atoms with Gasteiger partial charge in [0.25, 0.3) is 0 Å². The third-order valence-electron chi connectivity index (χ3n) is 2.75. The molecule has 1 N–H and O–H groups in total. The largest absolute Gasteiger partial charge is 0.493 e. The zero-order valence-corrected chi connectivity index (χ0v) is 10.1. The topological polar surface area (TPSA) is 46.5 Å². The van der Waals surface area contributed by atoms with Gasteiger partial charge < -0.3 is 9.84 Å². The Kier molecular flexibility index (Phi) is 2.88. The van der Waals surface area contributed by atoms with Crippen LogP contribution < -0.4 is 4.74 Å². The lowest BCUT2D eigenvalue weighted by Crippen LogP contribution is -2.01. The molecule has 0 heterocycles. The van der Waals surface area contributed by atoms with E-state index in [-0.39, 0.29) is 11.7 Å². The molecule has 3 nitrogen and oxygen atoms in total. The highest BCUT2D eigenvalue weighted by Gasteiger charge is 2.46. The molecule has 5 heteroatoms. The van der Waals surface area contributed by atoms with Crippen LogP contribution in [0.15, 0.2) is 16.6 Å². The molecular weight excluding hydrogens is 279 g/mol. The number of rotatable bonds is 3. The lowest BCUT2D eigenvalue weighted by molar-refractivity contribution is -0.138. The van der Waals surface area contributed by atoms with Crippen LogP contribution in [0.25, 0.3) is 0 Å². The minimum Gasteiger partial charge on any atom is -0.493 e. The summed E-state index contributed by atoms with van der Waals surface area (Å²) in [5.74, 6) is -1.71. The van der Waals surface area contributed by atoms with Crippen molar-refractivity contribution in [1.82, 2.24) is 0 Å². The van der Waals surface area contributed by atoms with E-state index >= 15 is 0 Å². The van der Waals surface area contributed by atoms with Gasteiger partial charge in [0.05, 0.1) is 13.0 Å². The molecule has 1 aliphatic carbocycles. The zero-order valence-electron chi connectivity index (χ0n) is 8.54. The SMILES string of the molecule is COc1c(F)cc(Br)cc1C1CC1C(=O)O. The zero-order chi connectivity index (χ0) is 11.9. The van der Waals surface area contributed by atoms with Gasteiger partial charge >= 0.3 is 5.97 Å². The lowest BCUT2D eigenvalue weighted by atomic mass is 10.1. The van der Waals surface area contributed by atoms with Crippen molar-refractivity contribution >= 4 is 21.9 Å². The number of carbonyl (C=O) groups is 1. The first-order chi connectivity index (χ1) is 7.54. The fraction of sp³-hybridized carbons (Fsp3) is 0.364. The van der Waals surface area contributed by atoms with Crippen LogP contribution in [0.3, 0.4) is 0 Å². The van der Waals surface area contributed by atoms with Crippen LogP contribution in [0.2, 0.25) is 0 Å². The summed E-state index contributed by atoms with van der Waals surface area (Å²) in [6, 6.07) is 3.02. The van der Waals surface area contributed by atoms with Gasteiger partial charge in [-0.25, -0.2) is 4.39 Å². The molecule has 0 bridgehead atoms. The summed E-state index contributed by atoms with van der Waals surface area (Å²) in [7, 11) is 1.38. The highest BCUT2D eigenvalue weighted by Crippen LogP contribution is 2.51. The molecule has 2 rings (SSSR count). The lowest BCUT2D eigenvalue weighted by Gasteiger charge is -2.09. The van der Waals surface area contributed by atoms with Gasteiger partial charge in [-0.1, -0.05) is 15.9 Å². The molecule has 0 radical (unpaired) electrons. The molecule has 1 aromatic rings. The average molecular weight is 289 g/mol. The van der Waals surface area contributed by atoms with E-state index < -0.39 is 17.7 Å². The molecule has 1 aromatic carbocycles. The monoisotopic (exact) mass is 288 g/mol. The normalized spacial score (nSPS) is 22.9. The van der Waals surface area contributed by atoms with Crippen molar-refractivity contribution in [3.05, 3.63) is 28.0 Å². The second-order valence-corrected chi connectivity index (χ2v) is 4.71. The predicted octanol–water partition coefficient (Wildman–Crippen LogP) is 2.78. The van der Waals surface area contributed by atoms with Crippen LogP contribution in [0.5, 0.6) is 5.75 Å². The Morgan fingerprint density at radius 1 is 1.62 bits per heavy atom. The second-order valence-electron chi connectivity index (χ2n) is 3.80. The van der Waals surface area contributed by atoms with E-state index in [1.807, 2.05) is 0 Å². The van der Waals surface area contributed by atoms with Crippen molar-refractivity contribution in [2.24, 2.45) is 5.92 Å². The van der Waals surface area contributed by atoms with Gasteiger partial charge in [0.2, 0.25) is 0 Å². The highest BCUT2D eigenvalue weighted by atomic mass is 79.9. The van der Waals surface area contributed by atoms with Crippen molar-refractivity contribution in [1.29, 1.82) is 0 Å². The van der Waals surface area contributed by atoms with Crippen molar-refractivity contribution in [2.45, 2.75) is 12.3 Å². The molecule has 16 heavy (non-hydrogen) atoms. The van der Waals surface area contributed by atoms with Gasteiger partial charge in [-0.2, -0.15) is 0 Å². The third kappa shape index (κ3) is 1.91. The molecule has 0 amide bonds. The number of benzene rings is 1. The summed E-state index contributed by atoms with van der Waals surface area (Å²) in [5.41, 5.74) is 0.627. The minimum atomic E-state index is -0.840. The highest BCUT2D eigenvalue weighted by molar-refractivity contribution is 9.10. The number of hydrogen-bond donors (Lipinski definition) is 1. The van der Waals surface area contributed by atoms with Crippen LogP contribution in [0.1, 0.15) is 17.9 Å². The molecule has 2 unspecified atom stereocenters. The van der Waals surface area contributed by atoms with Gasteiger partial charge in [-0.05, 0) is 18.6 Å². The van der Waals surface area contributed by atoms with Gasteiger partial charge in [0.1, 0.15) is 0 Å². The van der Waals surface area contributed by atoms with Gasteiger partial charge in [0, 0.05) is 16.0 Å². The van der Waals surface area contributed by atoms with Crippen LogP contribution in [0.4, 0.5) is 4.39 Å². The Morgan fingerprint density at radius 2 is 2.31 bits per heavy atom. The van der Waals surface area contributed by atoms with Gasteiger partial charge in [-0.15, -0.1) is 0 Å². The third-order valence-corrected chi connectivity index (χ3v) is 3.21. The van der Waals surface area contributed by atoms with E-state index in [0.29, 0.717) is 16.5 Å². The number of methoxy groups -OCH3 is 1. The molecule has 0 aromatic heterocycles. The molecule has 0 aliphatic heterocycles. The van der Waals surface area contributed by atoms with Crippen LogP contribution >= 0.6 is 15.9 Å². The Labute approximate surface area is 100 Å². The maximum Gasteiger partial charge on any atom is 0.307 e. The number of ether oxygens (including phenoxy) is 1. The number of carboxylic acid groups (broad SMARTS) is 1. The standard InChI is InChI=1S/C11H10BrFO3/c1-16-10-7(2-5(12)3-9(10)13)6-4-8(6)11(14)15/h2-3,6,8H,4H2,1H3,(H,14,15). The first kappa shape index (κ1) is 11.4. The minimum absolute atomic E-state index is 0.139. The van der Waals surface area contributed by atoms with E-state index in [1.54, 1.807) is 6.07 Å². The number of aliphatic carboxylic acids is 1. The fourth-order valence-electron chi connectivity index (χ4n) is 1.88. The van der Waals surface area contributed by atoms with Crippen LogP contribution in [0, 0.1) is 11.7 Å². The predicted molar refractivity (Wildman–Crippen MR) is 59.1 cm³/mol. The molecule has 0 saturated heterocycles. The van der Waals surface area contributed by atoms with E-state index in [4.69, 9.17) is 9.84 Å². The summed E-state index contributed by atoms with van der Waals surface area (Å²) in [6.07, 6.45) is 0.543. The Hall–Kier alpha value is -1.10. The summed E-state index contributed by atoms with van der Waals surface area (Å²) in [5, 5.41) is 8.84. The summed E-state index contributed by atoms with van der Waals surface area (Å²) in [6.45, 7) is 0. The van der Waals surface area contributed by atoms with E-state index in [9.17, 15) is 9.18 Å². The molecule has 86 valence electrons. The summed E-state index contributed by atoms with van der Waals surface area (Å²) >= 11 is 3.19. The fourth-order valence-corrected chi connectivity index (χ4v) is 2.33. The Morgan fingerprint density at radius 3 is 2.81 bits per heavy atom. The maximum atomic E-state index is 13.5. The van der Waals surface area contributed by atoms with E-state index in [0.717, 1.165) is 0 Å². The van der Waals surface area contributed by atoms with E-state index in [1.165, 1.54) is 13.2 Å². The Bertz CT molecular complexity index is 447. The number of halogens is 2. The van der Waals surface area contributed by atoms with Crippen molar-refractivity contribution in [3.63, 3.8) is 0 Å². The van der Waals surface area contributed by atoms with Gasteiger partial charge in [0.15, 0.2) is 11.6 Å². The molecule has 1 aliphatic rings. The summed E-state index contributed by atoms with van der Waals surface area (Å²) < 4.78 is 19.1. The van der Waals surface area contributed by atoms with Crippen molar-refractivity contribution < 1.29 is 19.0 Å². The number of carboxylic acids is 1. The average Bonchev–Trinajstić information content (AvgIpc) is 2.95.